The normalized spacial score (nSPS) is 9.54. The van der Waals surface area contributed by atoms with Crippen LogP contribution in [0.3, 0.4) is 0 Å². The van der Waals surface area contributed by atoms with Crippen LogP contribution in [-0.4, -0.2) is 21.4 Å². The van der Waals surface area contributed by atoms with Crippen molar-refractivity contribution in [1.29, 1.82) is 0 Å². The van der Waals surface area contributed by atoms with Crippen LogP contribution >= 0.6 is 0 Å². The van der Waals surface area contributed by atoms with E-state index in [1.807, 2.05) is 0 Å². The molecule has 1 rings (SSSR count). The van der Waals surface area contributed by atoms with Crippen molar-refractivity contribution in [2.75, 3.05) is 0 Å². The number of aromatic hydroxyl groups is 2. The van der Waals surface area contributed by atoms with Crippen molar-refractivity contribution in [1.82, 2.24) is 0 Å². The Morgan fingerprint density at radius 1 is 1.38 bits per heavy atom. The Morgan fingerprint density at radius 2 is 2.00 bits per heavy atom. The van der Waals surface area contributed by atoms with Gasteiger partial charge >= 0.3 is 5.69 Å². The van der Waals surface area contributed by atoms with Gasteiger partial charge in [-0.05, 0) is 6.07 Å². The molecule has 6 heteroatoms. The maximum Gasteiger partial charge on any atom is 0.315 e. The fourth-order valence-corrected chi connectivity index (χ4v) is 0.855. The van der Waals surface area contributed by atoms with Gasteiger partial charge < -0.3 is 10.2 Å². The van der Waals surface area contributed by atoms with Gasteiger partial charge in [0.15, 0.2) is 6.29 Å². The van der Waals surface area contributed by atoms with E-state index in [4.69, 9.17) is 10.2 Å². The molecule has 2 N–H and O–H groups in total. The van der Waals surface area contributed by atoms with E-state index in [1.165, 1.54) is 0 Å². The highest BCUT2D eigenvalue weighted by molar-refractivity contribution is 5.82. The number of carbonyl (C=O) groups excluding carboxylic acids is 1. The first-order chi connectivity index (χ1) is 6.06. The zero-order valence-electron chi connectivity index (χ0n) is 6.30. The highest BCUT2D eigenvalue weighted by Crippen LogP contribution is 2.32. The Labute approximate surface area is 72.2 Å². The number of rotatable bonds is 2. The molecule has 0 bridgehead atoms. The van der Waals surface area contributed by atoms with E-state index in [1.54, 1.807) is 0 Å². The van der Waals surface area contributed by atoms with E-state index in [9.17, 15) is 14.9 Å². The third kappa shape index (κ3) is 1.56. The van der Waals surface area contributed by atoms with Crippen molar-refractivity contribution in [2.45, 2.75) is 0 Å². The molecule has 0 saturated heterocycles. The Balaban J connectivity index is 3.44. The van der Waals surface area contributed by atoms with Crippen molar-refractivity contribution < 1.29 is 19.9 Å². The van der Waals surface area contributed by atoms with Gasteiger partial charge in [0.05, 0.1) is 16.6 Å². The molecule has 13 heavy (non-hydrogen) atoms. The van der Waals surface area contributed by atoms with E-state index < -0.39 is 22.1 Å². The molecule has 0 aromatic heterocycles. The van der Waals surface area contributed by atoms with Crippen LogP contribution in [0.2, 0.25) is 0 Å². The highest BCUT2D eigenvalue weighted by Gasteiger charge is 2.18. The smallest absolute Gasteiger partial charge is 0.315 e. The van der Waals surface area contributed by atoms with Gasteiger partial charge in [-0.1, -0.05) is 0 Å². The molecule has 0 spiro atoms. The number of hydrogen-bond acceptors (Lipinski definition) is 5. The lowest BCUT2D eigenvalue weighted by Crippen LogP contribution is -1.91. The fourth-order valence-electron chi connectivity index (χ4n) is 0.855. The van der Waals surface area contributed by atoms with Crippen LogP contribution in [0.25, 0.3) is 0 Å². The molecule has 0 amide bonds. The molecule has 0 radical (unpaired) electrons. The first kappa shape index (κ1) is 8.98. The first-order valence-electron chi connectivity index (χ1n) is 3.22. The van der Waals surface area contributed by atoms with Crippen LogP contribution in [0, 0.1) is 10.1 Å². The maximum absolute atomic E-state index is 10.3. The summed E-state index contributed by atoms with van der Waals surface area (Å²) in [6.07, 6.45) is 0.224. The van der Waals surface area contributed by atoms with Crippen molar-refractivity contribution in [3.8, 4) is 11.5 Å². The molecule has 0 unspecified atom stereocenters. The van der Waals surface area contributed by atoms with Crippen LogP contribution < -0.4 is 0 Å². The molecular formula is C7H5NO5. The summed E-state index contributed by atoms with van der Waals surface area (Å²) >= 11 is 0. The average Bonchev–Trinajstić information content (AvgIpc) is 2.08. The lowest BCUT2D eigenvalue weighted by molar-refractivity contribution is -0.386. The molecule has 0 aliphatic rings. The molecule has 0 aliphatic carbocycles. The van der Waals surface area contributed by atoms with Crippen LogP contribution in [0.5, 0.6) is 11.5 Å². The molecule has 0 heterocycles. The van der Waals surface area contributed by atoms with Gasteiger partial charge in [0, 0.05) is 0 Å². The number of phenolic OH excluding ortho intramolecular Hbond substituents is 2. The van der Waals surface area contributed by atoms with Gasteiger partial charge in [0.1, 0.15) is 5.75 Å². The summed E-state index contributed by atoms with van der Waals surface area (Å²) in [7, 11) is 0. The number of phenols is 2. The molecule has 68 valence electrons. The van der Waals surface area contributed by atoms with Crippen LogP contribution in [0.4, 0.5) is 5.69 Å². The minimum absolute atomic E-state index is 0.224. The van der Waals surface area contributed by atoms with Gasteiger partial charge in [0.25, 0.3) is 0 Å². The molecule has 6 nitrogen and oxygen atoms in total. The minimum Gasteiger partial charge on any atom is -0.508 e. The molecule has 0 saturated carbocycles. The number of carbonyl (C=O) groups is 1. The number of nitro benzene ring substituents is 1. The Bertz CT molecular complexity index is 373. The van der Waals surface area contributed by atoms with Gasteiger partial charge in [-0.15, -0.1) is 0 Å². The zero-order chi connectivity index (χ0) is 10.0. The van der Waals surface area contributed by atoms with E-state index in [0.717, 1.165) is 12.1 Å². The largest absolute Gasteiger partial charge is 0.508 e. The second-order valence-corrected chi connectivity index (χ2v) is 2.28. The summed E-state index contributed by atoms with van der Waals surface area (Å²) in [6.45, 7) is 0. The maximum atomic E-state index is 10.3. The topological polar surface area (TPSA) is 101 Å². The summed E-state index contributed by atoms with van der Waals surface area (Å²) in [6, 6.07) is 1.71. The summed E-state index contributed by atoms with van der Waals surface area (Å²) in [5.74, 6) is -1.18. The quantitative estimate of drug-likeness (QED) is 0.306. The standard InChI is InChI=1S/C7H5NO5/c9-3-4-1-5(10)2-6(7(4)11)8(12)13/h1-3,10-11H. The molecule has 0 atom stereocenters. The molecule has 1 aromatic rings. The van der Waals surface area contributed by atoms with Crippen molar-refractivity contribution in [3.63, 3.8) is 0 Å². The number of hydrogen-bond donors (Lipinski definition) is 2. The predicted octanol–water partition coefficient (Wildman–Crippen LogP) is 0.818. The van der Waals surface area contributed by atoms with E-state index >= 15 is 0 Å². The lowest BCUT2D eigenvalue weighted by atomic mass is 10.2. The van der Waals surface area contributed by atoms with Crippen LogP contribution in [0.15, 0.2) is 12.1 Å². The second kappa shape index (κ2) is 3.10. The number of benzene rings is 1. The van der Waals surface area contributed by atoms with E-state index in [-0.39, 0.29) is 11.8 Å². The lowest BCUT2D eigenvalue weighted by Gasteiger charge is -1.99. The average molecular weight is 183 g/mol. The fraction of sp³-hybridized carbons (Fsp3) is 0. The number of nitro groups is 1. The Hall–Kier alpha value is -2.11. The third-order valence-corrected chi connectivity index (χ3v) is 1.43. The number of aldehydes is 1. The van der Waals surface area contributed by atoms with Crippen molar-refractivity contribution in [3.05, 3.63) is 27.8 Å². The van der Waals surface area contributed by atoms with Gasteiger partial charge in [-0.3, -0.25) is 14.9 Å². The van der Waals surface area contributed by atoms with Crippen LogP contribution in [-0.2, 0) is 0 Å². The Kier molecular flexibility index (Phi) is 2.14. The first-order valence-corrected chi connectivity index (χ1v) is 3.22. The minimum atomic E-state index is -0.887. The molecule has 0 aliphatic heterocycles. The third-order valence-electron chi connectivity index (χ3n) is 1.43. The van der Waals surface area contributed by atoms with Crippen molar-refractivity contribution in [2.24, 2.45) is 0 Å². The molecule has 0 fully saturated rings. The summed E-state index contributed by atoms with van der Waals surface area (Å²) in [5.41, 5.74) is -1.01. The number of nitrogens with zero attached hydrogens (tertiary/aromatic N) is 1. The molecular weight excluding hydrogens is 178 g/mol. The van der Waals surface area contributed by atoms with E-state index in [0.29, 0.717) is 0 Å². The highest BCUT2D eigenvalue weighted by atomic mass is 16.6. The van der Waals surface area contributed by atoms with E-state index in [2.05, 4.69) is 0 Å². The summed E-state index contributed by atoms with van der Waals surface area (Å²) in [4.78, 5) is 19.6. The Morgan fingerprint density at radius 3 is 2.46 bits per heavy atom. The van der Waals surface area contributed by atoms with Gasteiger partial charge in [-0.2, -0.15) is 0 Å². The monoisotopic (exact) mass is 183 g/mol. The van der Waals surface area contributed by atoms with Gasteiger partial charge in [-0.25, -0.2) is 0 Å². The summed E-state index contributed by atoms with van der Waals surface area (Å²) in [5, 5.41) is 28.3. The van der Waals surface area contributed by atoms with Crippen LogP contribution in [0.1, 0.15) is 10.4 Å². The molecule has 1 aromatic carbocycles. The van der Waals surface area contributed by atoms with Gasteiger partial charge in [0.2, 0.25) is 5.75 Å². The second-order valence-electron chi connectivity index (χ2n) is 2.28. The SMILES string of the molecule is O=Cc1cc(O)cc([N+](=O)[O-])c1O. The van der Waals surface area contributed by atoms with Crippen molar-refractivity contribution >= 4 is 12.0 Å². The predicted molar refractivity (Wildman–Crippen MR) is 41.8 cm³/mol. The zero-order valence-corrected chi connectivity index (χ0v) is 6.30. The summed E-state index contributed by atoms with van der Waals surface area (Å²) < 4.78 is 0.